The number of rotatable bonds is 0. The first-order chi connectivity index (χ1) is 5.67. The zero-order chi connectivity index (χ0) is 8.60. The topological polar surface area (TPSA) is 46.2 Å². The molecule has 0 saturated carbocycles. The molecule has 2 fully saturated rings. The van der Waals surface area contributed by atoms with E-state index in [1.165, 1.54) is 0 Å². The lowest BCUT2D eigenvalue weighted by atomic mass is 9.92. The van der Waals surface area contributed by atoms with Crippen LogP contribution in [-0.4, -0.2) is 33.0 Å². The van der Waals surface area contributed by atoms with Gasteiger partial charge < -0.3 is 5.32 Å². The van der Waals surface area contributed by atoms with Crippen molar-refractivity contribution in [3.63, 3.8) is 0 Å². The molecule has 2 atom stereocenters. The molecule has 0 radical (unpaired) electrons. The van der Waals surface area contributed by atoms with Crippen LogP contribution in [0.4, 0.5) is 0 Å². The van der Waals surface area contributed by atoms with Gasteiger partial charge in [0.15, 0.2) is 0 Å². The highest BCUT2D eigenvalue weighted by molar-refractivity contribution is 7.91. The summed E-state index contributed by atoms with van der Waals surface area (Å²) in [5.74, 6) is 2.08. The summed E-state index contributed by atoms with van der Waals surface area (Å²) in [5, 5.41) is 3.32. The first-order valence-corrected chi connectivity index (χ1v) is 6.41. The molecule has 2 aliphatic heterocycles. The van der Waals surface area contributed by atoms with Crippen molar-refractivity contribution in [2.24, 2.45) is 11.8 Å². The van der Waals surface area contributed by atoms with Gasteiger partial charge in [0.25, 0.3) is 0 Å². The largest absolute Gasteiger partial charge is 0.316 e. The van der Waals surface area contributed by atoms with Crippen LogP contribution in [0.25, 0.3) is 0 Å². The van der Waals surface area contributed by atoms with Crippen molar-refractivity contribution in [2.75, 3.05) is 24.6 Å². The summed E-state index contributed by atoms with van der Waals surface area (Å²) in [6.45, 7) is 2.06. The zero-order valence-electron chi connectivity index (χ0n) is 7.12. The third kappa shape index (κ3) is 1.64. The maximum absolute atomic E-state index is 11.3. The molecule has 0 aromatic rings. The van der Waals surface area contributed by atoms with Crippen LogP contribution < -0.4 is 5.32 Å². The van der Waals surface area contributed by atoms with Crippen molar-refractivity contribution in [1.82, 2.24) is 5.32 Å². The third-order valence-electron chi connectivity index (χ3n) is 3.08. The summed E-state index contributed by atoms with van der Waals surface area (Å²) in [5.41, 5.74) is 0. The standard InChI is InChI=1S/C8H15NO2S/c10-12(11)3-1-7-5-9-6-8(7)2-4-12/h7-9H,1-6H2. The van der Waals surface area contributed by atoms with Gasteiger partial charge in [0.1, 0.15) is 9.84 Å². The molecule has 70 valence electrons. The van der Waals surface area contributed by atoms with Crippen LogP contribution in [0.3, 0.4) is 0 Å². The first kappa shape index (κ1) is 8.51. The predicted octanol–water partition coefficient (Wildman–Crippen LogP) is 0.0306. The van der Waals surface area contributed by atoms with Crippen molar-refractivity contribution >= 4 is 9.84 Å². The molecule has 2 heterocycles. The maximum atomic E-state index is 11.3. The van der Waals surface area contributed by atoms with E-state index in [1.54, 1.807) is 0 Å². The summed E-state index contributed by atoms with van der Waals surface area (Å²) in [6.07, 6.45) is 1.75. The SMILES string of the molecule is O=S1(=O)CCC2CNCC2CC1. The summed E-state index contributed by atoms with van der Waals surface area (Å²) in [7, 11) is -2.69. The van der Waals surface area contributed by atoms with Crippen LogP contribution in [0.2, 0.25) is 0 Å². The molecule has 0 aromatic heterocycles. The van der Waals surface area contributed by atoms with Gasteiger partial charge in [-0.15, -0.1) is 0 Å². The van der Waals surface area contributed by atoms with E-state index < -0.39 is 9.84 Å². The van der Waals surface area contributed by atoms with E-state index in [9.17, 15) is 8.42 Å². The molecule has 0 amide bonds. The van der Waals surface area contributed by atoms with E-state index in [-0.39, 0.29) is 0 Å². The Bertz CT molecular complexity index is 240. The second-order valence-electron chi connectivity index (χ2n) is 3.91. The Morgan fingerprint density at radius 3 is 2.00 bits per heavy atom. The van der Waals surface area contributed by atoms with Gasteiger partial charge in [-0.1, -0.05) is 0 Å². The monoisotopic (exact) mass is 189 g/mol. The van der Waals surface area contributed by atoms with Gasteiger partial charge in [0, 0.05) is 0 Å². The van der Waals surface area contributed by atoms with Crippen LogP contribution in [0.15, 0.2) is 0 Å². The molecular formula is C8H15NO2S. The van der Waals surface area contributed by atoms with Gasteiger partial charge in [-0.3, -0.25) is 0 Å². The van der Waals surface area contributed by atoms with Gasteiger partial charge in [0.2, 0.25) is 0 Å². The lowest BCUT2D eigenvalue weighted by Gasteiger charge is -2.11. The molecular weight excluding hydrogens is 174 g/mol. The summed E-state index contributed by atoms with van der Waals surface area (Å²) in [4.78, 5) is 0. The van der Waals surface area contributed by atoms with Gasteiger partial charge in [0.05, 0.1) is 11.5 Å². The Hall–Kier alpha value is -0.0900. The average Bonchev–Trinajstić information content (AvgIpc) is 2.40. The van der Waals surface area contributed by atoms with Gasteiger partial charge in [-0.2, -0.15) is 0 Å². The fourth-order valence-electron chi connectivity index (χ4n) is 2.23. The second kappa shape index (κ2) is 3.00. The summed E-state index contributed by atoms with van der Waals surface area (Å²) >= 11 is 0. The second-order valence-corrected chi connectivity index (χ2v) is 6.21. The Kier molecular flexibility index (Phi) is 2.12. The molecule has 3 nitrogen and oxygen atoms in total. The molecule has 0 aromatic carbocycles. The van der Waals surface area contributed by atoms with Crippen molar-refractivity contribution in [1.29, 1.82) is 0 Å². The van der Waals surface area contributed by atoms with Crippen molar-refractivity contribution in [3.8, 4) is 0 Å². The molecule has 12 heavy (non-hydrogen) atoms. The van der Waals surface area contributed by atoms with Crippen molar-refractivity contribution in [2.45, 2.75) is 12.8 Å². The highest BCUT2D eigenvalue weighted by atomic mass is 32.2. The normalized spacial score (nSPS) is 40.3. The van der Waals surface area contributed by atoms with E-state index in [0.717, 1.165) is 25.9 Å². The van der Waals surface area contributed by atoms with Crippen molar-refractivity contribution in [3.05, 3.63) is 0 Å². The number of fused-ring (bicyclic) bond motifs is 1. The van der Waals surface area contributed by atoms with Crippen LogP contribution in [-0.2, 0) is 9.84 Å². The van der Waals surface area contributed by atoms with E-state index in [4.69, 9.17) is 0 Å². The number of hydrogen-bond acceptors (Lipinski definition) is 3. The van der Waals surface area contributed by atoms with Crippen LogP contribution in [0.1, 0.15) is 12.8 Å². The Morgan fingerprint density at radius 2 is 1.50 bits per heavy atom. The average molecular weight is 189 g/mol. The van der Waals surface area contributed by atoms with Crippen LogP contribution >= 0.6 is 0 Å². The molecule has 2 saturated heterocycles. The Labute approximate surface area is 73.5 Å². The zero-order valence-corrected chi connectivity index (χ0v) is 7.94. The number of sulfone groups is 1. The van der Waals surface area contributed by atoms with Gasteiger partial charge >= 0.3 is 0 Å². The lowest BCUT2D eigenvalue weighted by Crippen LogP contribution is -2.14. The van der Waals surface area contributed by atoms with Gasteiger partial charge in [-0.25, -0.2) is 8.42 Å². The number of nitrogens with one attached hydrogen (secondary N) is 1. The minimum Gasteiger partial charge on any atom is -0.316 e. The Morgan fingerprint density at radius 1 is 1.00 bits per heavy atom. The maximum Gasteiger partial charge on any atom is 0.150 e. The molecule has 2 rings (SSSR count). The highest BCUT2D eigenvalue weighted by Crippen LogP contribution is 2.27. The lowest BCUT2D eigenvalue weighted by molar-refractivity contribution is 0.409. The predicted molar refractivity (Wildman–Crippen MR) is 47.7 cm³/mol. The minimum absolute atomic E-state index is 0.413. The molecule has 2 unspecified atom stereocenters. The molecule has 2 aliphatic rings. The fraction of sp³-hybridized carbons (Fsp3) is 1.00. The molecule has 1 N–H and O–H groups in total. The molecule has 0 bridgehead atoms. The van der Waals surface area contributed by atoms with E-state index >= 15 is 0 Å². The Balaban J connectivity index is 2.09. The smallest absolute Gasteiger partial charge is 0.150 e. The van der Waals surface area contributed by atoms with E-state index in [2.05, 4.69) is 5.32 Å². The minimum atomic E-state index is -2.69. The van der Waals surface area contributed by atoms with Gasteiger partial charge in [-0.05, 0) is 37.8 Å². The highest BCUT2D eigenvalue weighted by Gasteiger charge is 2.32. The van der Waals surface area contributed by atoms with E-state index in [0.29, 0.717) is 23.3 Å². The van der Waals surface area contributed by atoms with Crippen molar-refractivity contribution < 1.29 is 8.42 Å². The van der Waals surface area contributed by atoms with E-state index in [1.807, 2.05) is 0 Å². The first-order valence-electron chi connectivity index (χ1n) is 4.58. The quantitative estimate of drug-likeness (QED) is 0.585. The molecule has 0 spiro atoms. The summed E-state index contributed by atoms with van der Waals surface area (Å²) in [6, 6.07) is 0. The van der Waals surface area contributed by atoms with Crippen LogP contribution in [0.5, 0.6) is 0 Å². The van der Waals surface area contributed by atoms with Crippen LogP contribution in [0, 0.1) is 11.8 Å². The molecule has 0 aliphatic carbocycles. The summed E-state index contributed by atoms with van der Waals surface area (Å²) < 4.78 is 22.6. The number of hydrogen-bond donors (Lipinski definition) is 1. The fourth-order valence-corrected chi connectivity index (χ4v) is 3.75. The third-order valence-corrected chi connectivity index (χ3v) is 4.79. The molecule has 4 heteroatoms.